The number of hydrogen-bond donors (Lipinski definition) is 1. The predicted octanol–water partition coefficient (Wildman–Crippen LogP) is 5.47. The first kappa shape index (κ1) is 27.8. The summed E-state index contributed by atoms with van der Waals surface area (Å²) in [6, 6.07) is 12.1. The molecule has 2 aromatic rings. The van der Waals surface area contributed by atoms with E-state index in [-0.39, 0.29) is 17.9 Å². The maximum absolute atomic E-state index is 13.7. The summed E-state index contributed by atoms with van der Waals surface area (Å²) in [5.74, 6) is 1.54. The first-order valence-electron chi connectivity index (χ1n) is 13.7. The van der Waals surface area contributed by atoms with Crippen molar-refractivity contribution in [2.24, 2.45) is 5.92 Å². The van der Waals surface area contributed by atoms with E-state index in [0.29, 0.717) is 30.2 Å². The molecule has 2 aliphatic rings. The Kier molecular flexibility index (Phi) is 8.87. The Morgan fingerprint density at radius 1 is 1.03 bits per heavy atom. The molecule has 2 aromatic carbocycles. The molecule has 1 amide bonds. The van der Waals surface area contributed by atoms with E-state index in [1.54, 1.807) is 33.5 Å². The number of ether oxygens (including phenoxy) is 3. The van der Waals surface area contributed by atoms with Crippen LogP contribution in [0.2, 0.25) is 0 Å². The van der Waals surface area contributed by atoms with Crippen molar-refractivity contribution in [1.29, 1.82) is 0 Å². The number of piperidine rings is 1. The third-order valence-corrected chi connectivity index (χ3v) is 8.32. The van der Waals surface area contributed by atoms with E-state index < -0.39 is 5.60 Å². The molecule has 1 heterocycles. The molecule has 4 rings (SSSR count). The van der Waals surface area contributed by atoms with E-state index in [9.17, 15) is 9.90 Å². The molecule has 1 aliphatic heterocycles. The number of carbonyl (C=O) groups is 1. The van der Waals surface area contributed by atoms with Crippen LogP contribution in [0.4, 0.5) is 5.69 Å². The Balaban J connectivity index is 1.65. The van der Waals surface area contributed by atoms with Crippen LogP contribution in [0.5, 0.6) is 17.2 Å². The molecule has 1 N–H and O–H groups in total. The SMILES string of the molecule is CCN(CC)c1ccc([C@H]2[C@@H]3CCCC[C@]3(O)CCN2C(=O)/C=C/c2cc(OC)c(OC)c(OC)c2)cc1. The molecule has 1 saturated carbocycles. The summed E-state index contributed by atoms with van der Waals surface area (Å²) in [4.78, 5) is 18.0. The Hall–Kier alpha value is -3.19. The van der Waals surface area contributed by atoms with Crippen molar-refractivity contribution in [3.8, 4) is 17.2 Å². The van der Waals surface area contributed by atoms with Crippen LogP contribution in [0, 0.1) is 5.92 Å². The van der Waals surface area contributed by atoms with Crippen molar-refractivity contribution in [3.05, 3.63) is 53.6 Å². The van der Waals surface area contributed by atoms with Gasteiger partial charge in [-0.1, -0.05) is 25.0 Å². The van der Waals surface area contributed by atoms with Gasteiger partial charge in [0, 0.05) is 37.3 Å². The number of carbonyl (C=O) groups excluding carboxylic acids is 1. The van der Waals surface area contributed by atoms with E-state index in [2.05, 4.69) is 43.0 Å². The number of likely N-dealkylation sites (tertiary alicyclic amines) is 1. The standard InChI is InChI=1S/C31H42N2O5/c1-6-32(7-2)24-14-12-23(13-15-24)29-25-10-8-9-17-31(25,35)18-19-33(29)28(34)16-11-22-20-26(36-3)30(38-5)27(21-22)37-4/h11-16,20-21,25,29,35H,6-10,17-19H2,1-5H3/b16-11+/t25-,29-,31-/m0/s1. The first-order chi connectivity index (χ1) is 18.4. The molecule has 1 aliphatic carbocycles. The van der Waals surface area contributed by atoms with Crippen molar-refractivity contribution in [2.75, 3.05) is 45.9 Å². The van der Waals surface area contributed by atoms with Crippen LogP contribution in [0.15, 0.2) is 42.5 Å². The van der Waals surface area contributed by atoms with Gasteiger partial charge in [-0.15, -0.1) is 0 Å². The average molecular weight is 523 g/mol. The Morgan fingerprint density at radius 3 is 2.26 bits per heavy atom. The third-order valence-electron chi connectivity index (χ3n) is 8.32. The number of hydrogen-bond acceptors (Lipinski definition) is 6. The molecule has 2 fully saturated rings. The van der Waals surface area contributed by atoms with Gasteiger partial charge in [0.1, 0.15) is 0 Å². The summed E-state index contributed by atoms with van der Waals surface area (Å²) in [5, 5.41) is 11.6. The minimum absolute atomic E-state index is 0.0165. The summed E-state index contributed by atoms with van der Waals surface area (Å²) in [6.45, 7) is 6.71. The molecule has 7 nitrogen and oxygen atoms in total. The summed E-state index contributed by atoms with van der Waals surface area (Å²) < 4.78 is 16.3. The zero-order valence-electron chi connectivity index (χ0n) is 23.4. The van der Waals surface area contributed by atoms with Gasteiger partial charge in [0.2, 0.25) is 11.7 Å². The quantitative estimate of drug-likeness (QED) is 0.441. The zero-order chi connectivity index (χ0) is 27.3. The summed E-state index contributed by atoms with van der Waals surface area (Å²) >= 11 is 0. The fraction of sp³-hybridized carbons (Fsp3) is 0.516. The van der Waals surface area contributed by atoms with Crippen molar-refractivity contribution < 1.29 is 24.1 Å². The Morgan fingerprint density at radius 2 is 1.68 bits per heavy atom. The molecule has 0 bridgehead atoms. The highest BCUT2D eigenvalue weighted by molar-refractivity contribution is 5.92. The molecule has 0 unspecified atom stereocenters. The number of benzene rings is 2. The third kappa shape index (κ3) is 5.48. The monoisotopic (exact) mass is 522 g/mol. The second kappa shape index (κ2) is 12.1. The molecule has 0 radical (unpaired) electrons. The van der Waals surface area contributed by atoms with Gasteiger partial charge in [0.15, 0.2) is 11.5 Å². The van der Waals surface area contributed by atoms with Crippen LogP contribution in [0.25, 0.3) is 6.08 Å². The molecule has 7 heteroatoms. The van der Waals surface area contributed by atoms with Gasteiger partial charge in [0.05, 0.1) is 33.0 Å². The molecule has 1 saturated heterocycles. The maximum Gasteiger partial charge on any atom is 0.247 e. The van der Waals surface area contributed by atoms with Crippen LogP contribution < -0.4 is 19.1 Å². The minimum atomic E-state index is -0.725. The van der Waals surface area contributed by atoms with Crippen LogP contribution in [-0.4, -0.2) is 62.5 Å². The number of methoxy groups -OCH3 is 3. The molecule has 38 heavy (non-hydrogen) atoms. The number of nitrogens with zero attached hydrogens (tertiary/aromatic N) is 2. The molecule has 206 valence electrons. The lowest BCUT2D eigenvalue weighted by molar-refractivity contribution is -0.150. The summed E-state index contributed by atoms with van der Waals surface area (Å²) in [5.41, 5.74) is 2.31. The van der Waals surface area contributed by atoms with Crippen LogP contribution in [0.3, 0.4) is 0 Å². The van der Waals surface area contributed by atoms with Gasteiger partial charge < -0.3 is 29.1 Å². The second-order valence-electron chi connectivity index (χ2n) is 10.2. The highest BCUT2D eigenvalue weighted by atomic mass is 16.5. The van der Waals surface area contributed by atoms with Crippen LogP contribution in [0.1, 0.15) is 63.1 Å². The number of fused-ring (bicyclic) bond motifs is 1. The van der Waals surface area contributed by atoms with Gasteiger partial charge in [-0.3, -0.25) is 4.79 Å². The van der Waals surface area contributed by atoms with Crippen molar-refractivity contribution >= 4 is 17.7 Å². The minimum Gasteiger partial charge on any atom is -0.493 e. The summed E-state index contributed by atoms with van der Waals surface area (Å²) in [6.07, 6.45) is 7.84. The van der Waals surface area contributed by atoms with E-state index in [0.717, 1.165) is 49.9 Å². The highest BCUT2D eigenvalue weighted by Gasteiger charge is 2.49. The number of amides is 1. The fourth-order valence-electron chi connectivity index (χ4n) is 6.27. The van der Waals surface area contributed by atoms with Gasteiger partial charge >= 0.3 is 0 Å². The van der Waals surface area contributed by atoms with E-state index >= 15 is 0 Å². The van der Waals surface area contributed by atoms with Crippen molar-refractivity contribution in [3.63, 3.8) is 0 Å². The molecule has 0 spiro atoms. The highest BCUT2D eigenvalue weighted by Crippen LogP contribution is 2.49. The number of anilines is 1. The van der Waals surface area contributed by atoms with E-state index in [4.69, 9.17) is 14.2 Å². The lowest BCUT2D eigenvalue weighted by Crippen LogP contribution is -2.56. The average Bonchev–Trinajstić information content (AvgIpc) is 2.95. The fourth-order valence-corrected chi connectivity index (χ4v) is 6.27. The van der Waals surface area contributed by atoms with Gasteiger partial charge in [-0.25, -0.2) is 0 Å². The van der Waals surface area contributed by atoms with Gasteiger partial charge in [0.25, 0.3) is 0 Å². The smallest absolute Gasteiger partial charge is 0.247 e. The second-order valence-corrected chi connectivity index (χ2v) is 10.2. The lowest BCUT2D eigenvalue weighted by Gasteiger charge is -2.52. The number of aliphatic hydroxyl groups is 1. The van der Waals surface area contributed by atoms with E-state index in [1.165, 1.54) is 5.69 Å². The molecular weight excluding hydrogens is 480 g/mol. The Labute approximate surface area is 227 Å². The van der Waals surface area contributed by atoms with Crippen LogP contribution in [-0.2, 0) is 4.79 Å². The predicted molar refractivity (Wildman–Crippen MR) is 151 cm³/mol. The maximum atomic E-state index is 13.7. The lowest BCUT2D eigenvalue weighted by atomic mass is 9.66. The normalized spacial score (nSPS) is 23.2. The topological polar surface area (TPSA) is 71.5 Å². The summed E-state index contributed by atoms with van der Waals surface area (Å²) in [7, 11) is 4.72. The first-order valence-corrected chi connectivity index (χ1v) is 13.7. The Bertz CT molecular complexity index is 1100. The van der Waals surface area contributed by atoms with E-state index in [1.807, 2.05) is 17.0 Å². The molecular formula is C31H42N2O5. The zero-order valence-corrected chi connectivity index (χ0v) is 23.4. The van der Waals surface area contributed by atoms with Crippen molar-refractivity contribution in [2.45, 2.75) is 57.6 Å². The largest absolute Gasteiger partial charge is 0.493 e. The van der Waals surface area contributed by atoms with Crippen LogP contribution >= 0.6 is 0 Å². The molecule has 0 aromatic heterocycles. The molecule has 3 atom stereocenters. The van der Waals surface area contributed by atoms with Gasteiger partial charge in [-0.2, -0.15) is 0 Å². The van der Waals surface area contributed by atoms with Gasteiger partial charge in [-0.05, 0) is 74.6 Å². The number of rotatable bonds is 9. The van der Waals surface area contributed by atoms with Crippen molar-refractivity contribution in [1.82, 2.24) is 4.90 Å².